The van der Waals surface area contributed by atoms with E-state index in [-0.39, 0.29) is 4.90 Å². The molecule has 0 bridgehead atoms. The van der Waals surface area contributed by atoms with Gasteiger partial charge in [-0.1, -0.05) is 54.6 Å². The summed E-state index contributed by atoms with van der Waals surface area (Å²) in [6.45, 7) is 0. The van der Waals surface area contributed by atoms with Crippen LogP contribution in [0.2, 0.25) is 0 Å². The number of hydrogen-bond donors (Lipinski definition) is 1. The zero-order valence-electron chi connectivity index (χ0n) is 16.1. The van der Waals surface area contributed by atoms with Crippen LogP contribution in [0.15, 0.2) is 95.9 Å². The number of imide groups is 1. The number of rotatable bonds is 4. The van der Waals surface area contributed by atoms with Crippen molar-refractivity contribution in [3.05, 3.63) is 102 Å². The third-order valence-electron chi connectivity index (χ3n) is 5.21. The Balaban J connectivity index is 1.64. The lowest BCUT2D eigenvalue weighted by Crippen LogP contribution is -2.29. The van der Waals surface area contributed by atoms with Crippen molar-refractivity contribution in [1.82, 2.24) is 0 Å². The normalized spacial score (nSPS) is 13.5. The fourth-order valence-corrected chi connectivity index (χ4v) is 5.08. The quantitative estimate of drug-likeness (QED) is 0.487. The predicted molar refractivity (Wildman–Crippen MR) is 119 cm³/mol. The van der Waals surface area contributed by atoms with Gasteiger partial charge in [-0.25, -0.2) is 13.3 Å². The zero-order chi connectivity index (χ0) is 21.6. The molecule has 0 fully saturated rings. The van der Waals surface area contributed by atoms with Crippen molar-refractivity contribution in [3.8, 4) is 0 Å². The lowest BCUT2D eigenvalue weighted by atomic mass is 10.1. The van der Waals surface area contributed by atoms with Gasteiger partial charge >= 0.3 is 0 Å². The summed E-state index contributed by atoms with van der Waals surface area (Å²) in [5, 5.41) is 0.910. The number of benzene rings is 4. The molecule has 0 aliphatic carbocycles. The van der Waals surface area contributed by atoms with E-state index in [1.54, 1.807) is 78.9 Å². The molecule has 4 aromatic rings. The molecule has 1 heterocycles. The van der Waals surface area contributed by atoms with Crippen LogP contribution >= 0.6 is 0 Å². The number of sulfonamides is 1. The van der Waals surface area contributed by atoms with Gasteiger partial charge in [0.1, 0.15) is 0 Å². The second-order valence-electron chi connectivity index (χ2n) is 7.09. The second-order valence-corrected chi connectivity index (χ2v) is 8.74. The van der Waals surface area contributed by atoms with Gasteiger partial charge < -0.3 is 0 Å². The van der Waals surface area contributed by atoms with E-state index in [9.17, 15) is 18.0 Å². The van der Waals surface area contributed by atoms with Crippen molar-refractivity contribution in [3.63, 3.8) is 0 Å². The second kappa shape index (κ2) is 7.07. The van der Waals surface area contributed by atoms with Crippen molar-refractivity contribution in [1.29, 1.82) is 0 Å². The maximum absolute atomic E-state index is 13.1. The third-order valence-corrected chi connectivity index (χ3v) is 6.65. The minimum atomic E-state index is -3.90. The van der Waals surface area contributed by atoms with Crippen molar-refractivity contribution in [2.45, 2.75) is 4.90 Å². The molecule has 7 heteroatoms. The first kappa shape index (κ1) is 19.0. The van der Waals surface area contributed by atoms with Crippen LogP contribution in [0, 0.1) is 0 Å². The van der Waals surface area contributed by atoms with Crippen LogP contribution in [0.4, 0.5) is 11.4 Å². The van der Waals surface area contributed by atoms with Crippen LogP contribution in [-0.4, -0.2) is 20.2 Å². The summed E-state index contributed by atoms with van der Waals surface area (Å²) in [6, 6.07) is 25.0. The Kier molecular flexibility index (Phi) is 4.34. The van der Waals surface area contributed by atoms with Gasteiger partial charge in [-0.3, -0.25) is 14.3 Å². The highest BCUT2D eigenvalue weighted by molar-refractivity contribution is 7.93. The number of carbonyl (C=O) groups excluding carboxylic acids is 2. The largest absolute Gasteiger partial charge is 0.280 e. The summed E-state index contributed by atoms with van der Waals surface area (Å²) in [6.07, 6.45) is 0. The summed E-state index contributed by atoms with van der Waals surface area (Å²) in [5.74, 6) is -0.854. The van der Waals surface area contributed by atoms with E-state index in [4.69, 9.17) is 0 Å². The first-order valence-electron chi connectivity index (χ1n) is 9.55. The predicted octanol–water partition coefficient (Wildman–Crippen LogP) is 4.44. The number of carbonyl (C=O) groups is 2. The van der Waals surface area contributed by atoms with Gasteiger partial charge in [0.2, 0.25) is 0 Å². The number of fused-ring (bicyclic) bond motifs is 2. The zero-order valence-corrected chi connectivity index (χ0v) is 17.0. The van der Waals surface area contributed by atoms with Gasteiger partial charge in [-0.2, -0.15) is 0 Å². The molecule has 0 spiro atoms. The highest BCUT2D eigenvalue weighted by Gasteiger charge is 2.37. The number of amides is 2. The molecule has 0 aromatic heterocycles. The smallest absolute Gasteiger partial charge is 0.266 e. The molecule has 1 aliphatic heterocycles. The molecule has 0 saturated carbocycles. The topological polar surface area (TPSA) is 83.6 Å². The number of para-hydroxylation sites is 1. The maximum atomic E-state index is 13.1. The SMILES string of the molecule is O=C1c2ccccc2C(=O)N1c1ccc(S(=O)(=O)Nc2ccccc2)c2ccccc12. The molecule has 0 atom stereocenters. The van der Waals surface area contributed by atoms with Gasteiger partial charge in [0, 0.05) is 16.5 Å². The van der Waals surface area contributed by atoms with Crippen LogP contribution in [0.25, 0.3) is 10.8 Å². The van der Waals surface area contributed by atoms with Crippen molar-refractivity contribution in [2.24, 2.45) is 0 Å². The molecule has 1 N–H and O–H groups in total. The molecular weight excluding hydrogens is 412 g/mol. The third kappa shape index (κ3) is 3.06. The van der Waals surface area contributed by atoms with Crippen LogP contribution in [0.1, 0.15) is 20.7 Å². The molecule has 0 radical (unpaired) electrons. The van der Waals surface area contributed by atoms with E-state index >= 15 is 0 Å². The van der Waals surface area contributed by atoms with Crippen LogP contribution in [0.3, 0.4) is 0 Å². The van der Waals surface area contributed by atoms with E-state index in [0.29, 0.717) is 33.3 Å². The monoisotopic (exact) mass is 428 g/mol. The molecule has 4 aromatic carbocycles. The van der Waals surface area contributed by atoms with Gasteiger partial charge in [0.05, 0.1) is 21.7 Å². The Morgan fingerprint density at radius 1 is 0.613 bits per heavy atom. The van der Waals surface area contributed by atoms with Crippen LogP contribution < -0.4 is 9.62 Å². The number of anilines is 2. The molecule has 152 valence electrons. The van der Waals surface area contributed by atoms with E-state index in [2.05, 4.69) is 4.72 Å². The number of nitrogens with one attached hydrogen (secondary N) is 1. The van der Waals surface area contributed by atoms with Crippen LogP contribution in [0.5, 0.6) is 0 Å². The van der Waals surface area contributed by atoms with E-state index in [1.807, 2.05) is 0 Å². The molecule has 0 saturated heterocycles. The Morgan fingerprint density at radius 2 is 1.16 bits per heavy atom. The molecule has 0 unspecified atom stereocenters. The summed E-state index contributed by atoms with van der Waals surface area (Å²) in [5.41, 5.74) is 1.45. The van der Waals surface area contributed by atoms with Crippen molar-refractivity contribution < 1.29 is 18.0 Å². The summed E-state index contributed by atoms with van der Waals surface area (Å²) in [4.78, 5) is 27.1. The van der Waals surface area contributed by atoms with Crippen LogP contribution in [-0.2, 0) is 10.0 Å². The fraction of sp³-hybridized carbons (Fsp3) is 0. The lowest BCUT2D eigenvalue weighted by molar-refractivity contribution is 0.0926. The highest BCUT2D eigenvalue weighted by atomic mass is 32.2. The molecule has 31 heavy (non-hydrogen) atoms. The first-order valence-corrected chi connectivity index (χ1v) is 11.0. The van der Waals surface area contributed by atoms with Gasteiger partial charge in [-0.15, -0.1) is 0 Å². The molecular formula is C24H16N2O4S. The Morgan fingerprint density at radius 3 is 1.81 bits per heavy atom. The van der Waals surface area contributed by atoms with Gasteiger partial charge in [0.25, 0.3) is 21.8 Å². The molecule has 6 nitrogen and oxygen atoms in total. The van der Waals surface area contributed by atoms with E-state index < -0.39 is 21.8 Å². The van der Waals surface area contributed by atoms with Crippen molar-refractivity contribution >= 4 is 44.0 Å². The number of nitrogens with zero attached hydrogens (tertiary/aromatic N) is 1. The first-order chi connectivity index (χ1) is 15.0. The average Bonchev–Trinajstić information content (AvgIpc) is 3.04. The summed E-state index contributed by atoms with van der Waals surface area (Å²) < 4.78 is 28.8. The maximum Gasteiger partial charge on any atom is 0.266 e. The summed E-state index contributed by atoms with van der Waals surface area (Å²) in [7, 11) is -3.90. The van der Waals surface area contributed by atoms with Gasteiger partial charge in [-0.05, 0) is 36.4 Å². The Hall–Kier alpha value is -3.97. The Labute approximate surface area is 178 Å². The molecule has 1 aliphatic rings. The molecule has 5 rings (SSSR count). The van der Waals surface area contributed by atoms with Crippen molar-refractivity contribution in [2.75, 3.05) is 9.62 Å². The Bertz CT molecular complexity index is 1430. The summed E-state index contributed by atoms with van der Waals surface area (Å²) >= 11 is 0. The molecule has 2 amide bonds. The number of hydrogen-bond acceptors (Lipinski definition) is 4. The minimum absolute atomic E-state index is 0.0623. The lowest BCUT2D eigenvalue weighted by Gasteiger charge is -2.18. The average molecular weight is 428 g/mol. The fourth-order valence-electron chi connectivity index (χ4n) is 3.81. The van der Waals surface area contributed by atoms with Gasteiger partial charge in [0.15, 0.2) is 0 Å². The standard InChI is InChI=1S/C24H16N2O4S/c27-23-19-12-6-7-13-20(19)24(28)26(23)21-14-15-22(18-11-5-4-10-17(18)21)31(29,30)25-16-8-2-1-3-9-16/h1-15,25H. The van der Waals surface area contributed by atoms with E-state index in [0.717, 1.165) is 4.90 Å². The minimum Gasteiger partial charge on any atom is -0.280 e. The van der Waals surface area contributed by atoms with E-state index in [1.165, 1.54) is 12.1 Å². The highest BCUT2D eigenvalue weighted by Crippen LogP contribution is 2.36.